The fraction of sp³-hybridized carbons (Fsp3) is 0. The molecule has 4 N–H and O–H groups in total. The molecule has 11 heteroatoms. The lowest BCUT2D eigenvalue weighted by molar-refractivity contribution is -0.751. The van der Waals surface area contributed by atoms with Crippen molar-refractivity contribution in [3.8, 4) is 0 Å². The van der Waals surface area contributed by atoms with Crippen molar-refractivity contribution in [1.29, 1.82) is 0 Å². The summed E-state index contributed by atoms with van der Waals surface area (Å²) in [4.78, 5) is 17.4. The van der Waals surface area contributed by atoms with Gasteiger partial charge in [-0.1, -0.05) is 5.10 Å². The number of aliphatic imine (C=N–C) groups is 1. The van der Waals surface area contributed by atoms with Crippen LogP contribution in [-0.4, -0.2) is 31.4 Å². The topological polar surface area (TPSA) is 160 Å². The van der Waals surface area contributed by atoms with Gasteiger partial charge in [-0.2, -0.15) is 9.93 Å². The van der Waals surface area contributed by atoms with Crippen LogP contribution in [0.2, 0.25) is 0 Å². The summed E-state index contributed by atoms with van der Waals surface area (Å²) in [6.07, 6.45) is 0. The van der Waals surface area contributed by atoms with E-state index in [-0.39, 0.29) is 11.9 Å². The second-order valence-corrected chi connectivity index (χ2v) is 1.69. The number of hydrogen-bond donors (Lipinski definition) is 2. The van der Waals surface area contributed by atoms with Gasteiger partial charge >= 0.3 is 5.95 Å². The van der Waals surface area contributed by atoms with Gasteiger partial charge in [-0.25, -0.2) is 10.1 Å². The Morgan fingerprint density at radius 1 is 1.69 bits per heavy atom. The zero-order valence-electron chi connectivity index (χ0n) is 6.06. The average molecular weight is 188 g/mol. The standard InChI is InChI=1S/C2H4N8O3/c3-1(4)5-2-6-7-8-9(2)13-10(11)12/h(H4,3,4,5,6,8). The third-order valence-corrected chi connectivity index (χ3v) is 0.800. The largest absolute Gasteiger partial charge is 0.398 e. The van der Waals surface area contributed by atoms with Crippen molar-refractivity contribution in [2.24, 2.45) is 16.5 Å². The quantitative estimate of drug-likeness (QED) is 0.222. The third kappa shape index (κ3) is 2.25. The van der Waals surface area contributed by atoms with E-state index in [0.717, 1.165) is 0 Å². The molecule has 0 amide bonds. The molecule has 1 rings (SSSR count). The van der Waals surface area contributed by atoms with E-state index in [2.05, 4.69) is 25.5 Å². The Morgan fingerprint density at radius 2 is 2.38 bits per heavy atom. The second-order valence-electron chi connectivity index (χ2n) is 1.69. The number of hydrogen-bond acceptors (Lipinski definition) is 7. The van der Waals surface area contributed by atoms with E-state index in [4.69, 9.17) is 11.5 Å². The van der Waals surface area contributed by atoms with Gasteiger partial charge in [0.15, 0.2) is 11.0 Å². The Bertz CT molecular complexity index is 337. The molecule has 0 aliphatic heterocycles. The fourth-order valence-corrected chi connectivity index (χ4v) is 0.471. The van der Waals surface area contributed by atoms with Crippen LogP contribution in [0.5, 0.6) is 0 Å². The Morgan fingerprint density at radius 3 is 2.92 bits per heavy atom. The molecule has 0 fully saturated rings. The summed E-state index contributed by atoms with van der Waals surface area (Å²) in [5.41, 5.74) is 9.95. The highest BCUT2D eigenvalue weighted by molar-refractivity contribution is 5.77. The first-order valence-corrected chi connectivity index (χ1v) is 2.80. The minimum absolute atomic E-state index is 0.322. The predicted octanol–water partition coefficient (Wildman–Crippen LogP) is -2.80. The van der Waals surface area contributed by atoms with Crippen LogP contribution >= 0.6 is 0 Å². The molecule has 0 radical (unpaired) electrons. The molecule has 0 bridgehead atoms. The highest BCUT2D eigenvalue weighted by atomic mass is 17.0. The molecule has 11 nitrogen and oxygen atoms in total. The number of rotatable bonds is 3. The van der Waals surface area contributed by atoms with E-state index in [1.54, 1.807) is 0 Å². The molecule has 0 spiro atoms. The number of nitrogens with zero attached hydrogens (tertiary/aromatic N) is 6. The summed E-state index contributed by atoms with van der Waals surface area (Å²) in [5.74, 6) is -0.667. The van der Waals surface area contributed by atoms with Crippen LogP contribution in [0.25, 0.3) is 0 Å². The zero-order valence-corrected chi connectivity index (χ0v) is 6.06. The van der Waals surface area contributed by atoms with E-state index in [9.17, 15) is 10.1 Å². The maximum atomic E-state index is 9.86. The van der Waals surface area contributed by atoms with Crippen LogP contribution in [0.4, 0.5) is 5.95 Å². The second kappa shape index (κ2) is 3.29. The van der Waals surface area contributed by atoms with Gasteiger partial charge in [0.2, 0.25) is 0 Å². The molecule has 13 heavy (non-hydrogen) atoms. The Kier molecular flexibility index (Phi) is 2.19. The lowest BCUT2D eigenvalue weighted by atomic mass is 11.0. The Hall–Kier alpha value is -2.46. The molecule has 1 heterocycles. The molecule has 0 aromatic carbocycles. The lowest BCUT2D eigenvalue weighted by Crippen LogP contribution is -2.24. The van der Waals surface area contributed by atoms with Crippen molar-refractivity contribution < 1.29 is 10.0 Å². The van der Waals surface area contributed by atoms with E-state index >= 15 is 0 Å². The molecule has 0 aliphatic rings. The van der Waals surface area contributed by atoms with Crippen molar-refractivity contribution >= 4 is 11.9 Å². The summed E-state index contributed by atoms with van der Waals surface area (Å²) in [6, 6.07) is 0. The van der Waals surface area contributed by atoms with Gasteiger partial charge in [0.25, 0.3) is 0 Å². The number of nitrogens with two attached hydrogens (primary N) is 2. The van der Waals surface area contributed by atoms with Crippen molar-refractivity contribution in [2.75, 3.05) is 0 Å². The van der Waals surface area contributed by atoms with Crippen LogP contribution in [0.1, 0.15) is 0 Å². The molecule has 1 aromatic heterocycles. The van der Waals surface area contributed by atoms with Gasteiger partial charge in [0, 0.05) is 5.21 Å². The SMILES string of the molecule is NC(N)=Nc1nnnn1O[N+](=O)[O-]. The summed E-state index contributed by atoms with van der Waals surface area (Å²) in [5, 5.41) is 18.1. The molecule has 70 valence electrons. The molecular weight excluding hydrogens is 184 g/mol. The fourth-order valence-electron chi connectivity index (χ4n) is 0.471. The maximum Gasteiger partial charge on any atom is 0.398 e. The molecular formula is C2H4N8O3. The molecule has 0 atom stereocenters. The minimum Gasteiger partial charge on any atom is -0.370 e. The Labute approximate surface area is 70.0 Å². The molecule has 1 aromatic rings. The number of tetrazole rings is 1. The number of guanidine groups is 1. The highest BCUT2D eigenvalue weighted by Gasteiger charge is 2.12. The van der Waals surface area contributed by atoms with Gasteiger partial charge in [-0.15, -0.1) is 0 Å². The van der Waals surface area contributed by atoms with E-state index in [1.807, 2.05) is 0 Å². The predicted molar refractivity (Wildman–Crippen MR) is 36.9 cm³/mol. The summed E-state index contributed by atoms with van der Waals surface area (Å²) >= 11 is 0. The highest BCUT2D eigenvalue weighted by Crippen LogP contribution is 2.00. The monoisotopic (exact) mass is 188 g/mol. The van der Waals surface area contributed by atoms with Crippen molar-refractivity contribution in [1.82, 2.24) is 20.4 Å². The molecule has 0 aliphatic carbocycles. The van der Waals surface area contributed by atoms with Gasteiger partial charge < -0.3 is 11.5 Å². The first-order chi connectivity index (χ1) is 6.09. The van der Waals surface area contributed by atoms with Crippen LogP contribution in [0.3, 0.4) is 0 Å². The first-order valence-electron chi connectivity index (χ1n) is 2.80. The first kappa shape index (κ1) is 8.63. The Balaban J connectivity index is 2.89. The van der Waals surface area contributed by atoms with Gasteiger partial charge in [-0.3, -0.25) is 0 Å². The average Bonchev–Trinajstić information content (AvgIpc) is 2.34. The van der Waals surface area contributed by atoms with Crippen LogP contribution in [0.15, 0.2) is 4.99 Å². The molecule has 0 saturated carbocycles. The third-order valence-electron chi connectivity index (χ3n) is 0.800. The lowest BCUT2D eigenvalue weighted by Gasteiger charge is -1.93. The van der Waals surface area contributed by atoms with Crippen molar-refractivity contribution in [2.45, 2.75) is 0 Å². The molecule has 0 saturated heterocycles. The smallest absolute Gasteiger partial charge is 0.370 e. The van der Waals surface area contributed by atoms with Gasteiger partial charge in [0.1, 0.15) is 0 Å². The number of aromatic nitrogens is 4. The summed E-state index contributed by atoms with van der Waals surface area (Å²) < 4.78 is 0. The summed E-state index contributed by atoms with van der Waals surface area (Å²) in [6.45, 7) is 0. The van der Waals surface area contributed by atoms with Crippen LogP contribution in [0, 0.1) is 10.1 Å². The van der Waals surface area contributed by atoms with E-state index in [1.165, 1.54) is 0 Å². The van der Waals surface area contributed by atoms with Gasteiger partial charge in [-0.05, 0) is 0 Å². The molecule has 0 unspecified atom stereocenters. The van der Waals surface area contributed by atoms with Crippen molar-refractivity contribution in [3.63, 3.8) is 0 Å². The zero-order chi connectivity index (χ0) is 9.84. The summed E-state index contributed by atoms with van der Waals surface area (Å²) in [7, 11) is 0. The van der Waals surface area contributed by atoms with Gasteiger partial charge in [0.05, 0.1) is 10.1 Å². The van der Waals surface area contributed by atoms with Crippen LogP contribution in [-0.2, 0) is 0 Å². The van der Waals surface area contributed by atoms with Crippen molar-refractivity contribution in [3.05, 3.63) is 10.1 Å². The van der Waals surface area contributed by atoms with Crippen LogP contribution < -0.4 is 16.4 Å². The van der Waals surface area contributed by atoms with E-state index < -0.39 is 5.09 Å². The minimum atomic E-state index is -1.11. The maximum absolute atomic E-state index is 9.86. The van der Waals surface area contributed by atoms with E-state index in [0.29, 0.717) is 4.85 Å². The normalized spacial score (nSPS) is 9.23.